The number of thioether (sulfide) groups is 1. The molecule has 2 fully saturated rings. The number of fused-ring (bicyclic) bond motifs is 4. The van der Waals surface area contributed by atoms with E-state index in [2.05, 4.69) is 18.3 Å². The number of ether oxygens (including phenoxy) is 1. The van der Waals surface area contributed by atoms with Crippen LogP contribution in [0.4, 0.5) is 0 Å². The summed E-state index contributed by atoms with van der Waals surface area (Å²) in [5.74, 6) is 2.51. The summed E-state index contributed by atoms with van der Waals surface area (Å²) in [4.78, 5) is 13.1. The van der Waals surface area contributed by atoms with E-state index in [0.29, 0.717) is 11.8 Å². The third kappa shape index (κ3) is 3.54. The third-order valence-corrected chi connectivity index (χ3v) is 10.2. The zero-order valence-corrected chi connectivity index (χ0v) is 20.8. The SMILES string of the molecule is CO[C@@]1(CSC)CC[C@H]2[C@@H]3CCC4=CC(=O)C(c5ccc(C=NO)cc5)CC4=C3CC[C@@]21C. The van der Waals surface area contributed by atoms with Gasteiger partial charge in [0.25, 0.3) is 0 Å². The molecule has 2 saturated carbocycles. The van der Waals surface area contributed by atoms with E-state index < -0.39 is 0 Å². The van der Waals surface area contributed by atoms with Crippen molar-refractivity contribution in [3.8, 4) is 0 Å². The first-order valence-corrected chi connectivity index (χ1v) is 13.6. The molecular formula is C28H35NO3S. The fourth-order valence-corrected chi connectivity index (χ4v) is 8.71. The predicted octanol–water partition coefficient (Wildman–Crippen LogP) is 6.14. The van der Waals surface area contributed by atoms with Crippen molar-refractivity contribution in [3.05, 3.63) is 58.2 Å². The zero-order chi connectivity index (χ0) is 23.2. The highest BCUT2D eigenvalue weighted by molar-refractivity contribution is 7.98. The van der Waals surface area contributed by atoms with E-state index in [1.165, 1.54) is 36.6 Å². The van der Waals surface area contributed by atoms with Crippen LogP contribution in [0.2, 0.25) is 0 Å². The van der Waals surface area contributed by atoms with E-state index >= 15 is 0 Å². The number of benzene rings is 1. The second-order valence-corrected chi connectivity index (χ2v) is 11.4. The van der Waals surface area contributed by atoms with Gasteiger partial charge in [-0.1, -0.05) is 41.9 Å². The van der Waals surface area contributed by atoms with E-state index in [-0.39, 0.29) is 22.7 Å². The number of carbonyl (C=O) groups excluding carboxylic acids is 1. The highest BCUT2D eigenvalue weighted by Crippen LogP contribution is 2.65. The average molecular weight is 466 g/mol. The molecule has 33 heavy (non-hydrogen) atoms. The van der Waals surface area contributed by atoms with Crippen molar-refractivity contribution in [1.82, 2.24) is 0 Å². The van der Waals surface area contributed by atoms with Gasteiger partial charge in [-0.05, 0) is 91.4 Å². The monoisotopic (exact) mass is 465 g/mol. The Morgan fingerprint density at radius 1 is 1.21 bits per heavy atom. The maximum absolute atomic E-state index is 13.1. The smallest absolute Gasteiger partial charge is 0.163 e. The van der Waals surface area contributed by atoms with Crippen LogP contribution in [-0.4, -0.2) is 41.9 Å². The third-order valence-electron chi connectivity index (χ3n) is 9.45. The molecule has 1 aromatic carbocycles. The van der Waals surface area contributed by atoms with E-state index in [9.17, 15) is 4.79 Å². The molecule has 1 unspecified atom stereocenters. The summed E-state index contributed by atoms with van der Waals surface area (Å²) in [6.07, 6.45) is 13.3. The molecule has 0 radical (unpaired) electrons. The van der Waals surface area contributed by atoms with Crippen LogP contribution in [0.3, 0.4) is 0 Å². The summed E-state index contributed by atoms with van der Waals surface area (Å²) in [5, 5.41) is 11.9. The van der Waals surface area contributed by atoms with Gasteiger partial charge in [0.15, 0.2) is 5.78 Å². The number of allylic oxidation sites excluding steroid dienone is 4. The van der Waals surface area contributed by atoms with Crippen molar-refractivity contribution in [2.75, 3.05) is 19.1 Å². The maximum atomic E-state index is 13.1. The lowest BCUT2D eigenvalue weighted by atomic mass is 9.55. The number of ketones is 1. The van der Waals surface area contributed by atoms with E-state index in [4.69, 9.17) is 9.94 Å². The molecule has 5 atom stereocenters. The molecule has 0 bridgehead atoms. The standard InChI is InChI=1S/C28H35NO3S/c1-27-12-10-21-22(25(27)11-13-28(27,32-2)17-33-3)9-8-20-14-26(30)24(15-23(20)21)19-6-4-18(5-7-19)16-29-31/h4-7,14,16,22,24-25,31H,8-13,15,17H2,1-3H3/t22-,24?,25+,27+,28-/m1/s1. The summed E-state index contributed by atoms with van der Waals surface area (Å²) in [6, 6.07) is 7.86. The van der Waals surface area contributed by atoms with Crippen LogP contribution < -0.4 is 0 Å². The van der Waals surface area contributed by atoms with Crippen LogP contribution >= 0.6 is 11.8 Å². The lowest BCUT2D eigenvalue weighted by Gasteiger charge is -2.53. The number of nitrogens with zero attached hydrogens (tertiary/aromatic N) is 1. The fourth-order valence-electron chi connectivity index (χ4n) is 7.66. The van der Waals surface area contributed by atoms with Crippen LogP contribution in [0, 0.1) is 17.3 Å². The van der Waals surface area contributed by atoms with Crippen LogP contribution in [0.15, 0.2) is 52.2 Å². The van der Waals surface area contributed by atoms with Crippen LogP contribution in [0.1, 0.15) is 68.9 Å². The first-order chi connectivity index (χ1) is 16.0. The van der Waals surface area contributed by atoms with Gasteiger partial charge in [0.05, 0.1) is 17.7 Å². The molecule has 4 aliphatic rings. The number of hydrogen-bond donors (Lipinski definition) is 1. The minimum atomic E-state index is -0.110. The highest BCUT2D eigenvalue weighted by Gasteiger charge is 2.61. The molecule has 0 saturated heterocycles. The average Bonchev–Trinajstić information content (AvgIpc) is 3.12. The van der Waals surface area contributed by atoms with Crippen molar-refractivity contribution in [3.63, 3.8) is 0 Å². The van der Waals surface area contributed by atoms with E-state index in [0.717, 1.165) is 42.6 Å². The normalized spacial score (nSPS) is 35.9. The van der Waals surface area contributed by atoms with Crippen molar-refractivity contribution in [2.24, 2.45) is 22.4 Å². The highest BCUT2D eigenvalue weighted by atomic mass is 32.2. The second kappa shape index (κ2) is 8.74. The zero-order valence-electron chi connectivity index (χ0n) is 20.0. The first kappa shape index (κ1) is 22.9. The number of methoxy groups -OCH3 is 1. The molecule has 0 aliphatic heterocycles. The van der Waals surface area contributed by atoms with Gasteiger partial charge in [-0.15, -0.1) is 0 Å². The molecule has 4 nitrogen and oxygen atoms in total. The van der Waals surface area contributed by atoms with Crippen LogP contribution in [-0.2, 0) is 9.53 Å². The van der Waals surface area contributed by atoms with Gasteiger partial charge in [-0.25, -0.2) is 0 Å². The number of rotatable bonds is 5. The summed E-state index contributed by atoms with van der Waals surface area (Å²) >= 11 is 1.92. The molecule has 5 heteroatoms. The van der Waals surface area contributed by atoms with E-state index in [1.54, 1.807) is 5.57 Å². The molecule has 1 N–H and O–H groups in total. The number of carbonyl (C=O) groups is 1. The van der Waals surface area contributed by atoms with Gasteiger partial charge in [0, 0.05) is 18.3 Å². The summed E-state index contributed by atoms with van der Waals surface area (Å²) in [7, 11) is 1.93. The van der Waals surface area contributed by atoms with Gasteiger partial charge < -0.3 is 9.94 Å². The largest absolute Gasteiger partial charge is 0.411 e. The summed E-state index contributed by atoms with van der Waals surface area (Å²) < 4.78 is 6.30. The molecule has 4 aliphatic carbocycles. The maximum Gasteiger partial charge on any atom is 0.163 e. The Bertz CT molecular complexity index is 1030. The second-order valence-electron chi connectivity index (χ2n) is 10.6. The Kier molecular flexibility index (Phi) is 6.07. The van der Waals surface area contributed by atoms with Gasteiger partial charge in [0.1, 0.15) is 0 Å². The van der Waals surface area contributed by atoms with Gasteiger partial charge in [0.2, 0.25) is 0 Å². The van der Waals surface area contributed by atoms with E-state index in [1.807, 2.05) is 49.2 Å². The molecule has 5 rings (SSSR count). The van der Waals surface area contributed by atoms with Crippen molar-refractivity contribution in [2.45, 2.75) is 63.4 Å². The van der Waals surface area contributed by atoms with Crippen molar-refractivity contribution in [1.29, 1.82) is 0 Å². The Labute approximate surface area is 201 Å². The summed E-state index contributed by atoms with van der Waals surface area (Å²) in [5.41, 5.74) is 6.55. The molecule has 1 aromatic rings. The van der Waals surface area contributed by atoms with Gasteiger partial charge >= 0.3 is 0 Å². The topological polar surface area (TPSA) is 58.9 Å². The first-order valence-electron chi connectivity index (χ1n) is 12.2. The van der Waals surface area contributed by atoms with Crippen molar-refractivity contribution < 1.29 is 14.7 Å². The van der Waals surface area contributed by atoms with Crippen LogP contribution in [0.5, 0.6) is 0 Å². The Morgan fingerprint density at radius 2 is 2.00 bits per heavy atom. The lowest BCUT2D eigenvalue weighted by Crippen LogP contribution is -2.52. The Balaban J connectivity index is 1.47. The predicted molar refractivity (Wildman–Crippen MR) is 134 cm³/mol. The lowest BCUT2D eigenvalue weighted by molar-refractivity contribution is -0.116. The molecule has 0 spiro atoms. The fraction of sp³-hybridized carbons (Fsp3) is 0.571. The minimum Gasteiger partial charge on any atom is -0.411 e. The van der Waals surface area contributed by atoms with Gasteiger partial charge in [-0.2, -0.15) is 11.8 Å². The number of oxime groups is 1. The van der Waals surface area contributed by atoms with Gasteiger partial charge in [-0.3, -0.25) is 4.79 Å². The Morgan fingerprint density at radius 3 is 2.70 bits per heavy atom. The molecule has 0 heterocycles. The van der Waals surface area contributed by atoms with Crippen LogP contribution in [0.25, 0.3) is 0 Å². The quantitative estimate of drug-likeness (QED) is 0.322. The minimum absolute atomic E-state index is 0.00587. The molecular weight excluding hydrogens is 430 g/mol. The molecule has 0 aromatic heterocycles. The Hall–Kier alpha value is -1.85. The van der Waals surface area contributed by atoms with Crippen molar-refractivity contribution >= 4 is 23.8 Å². The number of hydrogen-bond acceptors (Lipinski definition) is 5. The molecule has 0 amide bonds. The molecule has 176 valence electrons. The summed E-state index contributed by atoms with van der Waals surface area (Å²) in [6.45, 7) is 2.50.